The summed E-state index contributed by atoms with van der Waals surface area (Å²) in [5, 5.41) is 14.1. The van der Waals surface area contributed by atoms with Crippen LogP contribution >= 0.6 is 0 Å². The normalized spacial score (nSPS) is 23.0. The summed E-state index contributed by atoms with van der Waals surface area (Å²) in [4.78, 5) is 17.1. The molecule has 0 amide bonds. The van der Waals surface area contributed by atoms with E-state index in [0.29, 0.717) is 0 Å². The van der Waals surface area contributed by atoms with Gasteiger partial charge in [0.15, 0.2) is 0 Å². The Kier molecular flexibility index (Phi) is 9.68. The maximum absolute atomic E-state index is 13.3. The number of ether oxygens (including phenoxy) is 1. The van der Waals surface area contributed by atoms with Gasteiger partial charge in [0.05, 0.1) is 17.2 Å². The van der Waals surface area contributed by atoms with Gasteiger partial charge < -0.3 is 15.0 Å². The average Bonchev–Trinajstić information content (AvgIpc) is 3.46. The first-order valence-electron chi connectivity index (χ1n) is 15.2. The van der Waals surface area contributed by atoms with Gasteiger partial charge in [-0.25, -0.2) is 0 Å². The minimum absolute atomic E-state index is 0.0218. The molecular formula is C31H41F3N4O3. The average molecular weight is 575 g/mol. The van der Waals surface area contributed by atoms with E-state index in [1.54, 1.807) is 6.20 Å². The zero-order chi connectivity index (χ0) is 28.8. The Morgan fingerprint density at radius 1 is 0.976 bits per heavy atom. The molecule has 41 heavy (non-hydrogen) atoms. The maximum atomic E-state index is 13.3. The van der Waals surface area contributed by atoms with Gasteiger partial charge in [-0.3, -0.25) is 15.1 Å². The molecule has 1 aromatic carbocycles. The molecule has 224 valence electrons. The fraction of sp³-hybridized carbons (Fsp3) is 0.645. The molecule has 10 heteroatoms. The number of rotatable bonds is 10. The fourth-order valence-electron chi connectivity index (χ4n) is 6.82. The number of nitrogens with one attached hydrogen (secondary N) is 1. The van der Waals surface area contributed by atoms with Crippen LogP contribution in [-0.2, 0) is 12.6 Å². The first-order chi connectivity index (χ1) is 19.7. The van der Waals surface area contributed by atoms with Gasteiger partial charge in [0.2, 0.25) is 0 Å². The molecule has 1 N–H and O–H groups in total. The summed E-state index contributed by atoms with van der Waals surface area (Å²) in [6.07, 6.45) is 12.3. The van der Waals surface area contributed by atoms with Crippen LogP contribution in [0.1, 0.15) is 81.8 Å². The molecule has 3 fully saturated rings. The number of aryl methyl sites for hydroxylation is 1. The Balaban J connectivity index is 1.05. The highest BCUT2D eigenvalue weighted by Crippen LogP contribution is 2.38. The number of aromatic nitrogens is 1. The van der Waals surface area contributed by atoms with Crippen LogP contribution in [0, 0.1) is 22.0 Å². The van der Waals surface area contributed by atoms with Crippen molar-refractivity contribution in [1.29, 1.82) is 0 Å². The third kappa shape index (κ3) is 8.33. The van der Waals surface area contributed by atoms with Crippen LogP contribution in [0.3, 0.4) is 0 Å². The Labute approximate surface area is 240 Å². The van der Waals surface area contributed by atoms with E-state index in [0.717, 1.165) is 61.8 Å². The molecule has 2 aliphatic carbocycles. The van der Waals surface area contributed by atoms with E-state index >= 15 is 0 Å². The summed E-state index contributed by atoms with van der Waals surface area (Å²) in [6.45, 7) is 3.76. The Morgan fingerprint density at radius 2 is 1.71 bits per heavy atom. The quantitative estimate of drug-likeness (QED) is 0.232. The summed E-state index contributed by atoms with van der Waals surface area (Å²) in [5.74, 6) is 2.47. The number of anilines is 1. The highest BCUT2D eigenvalue weighted by atomic mass is 19.4. The second kappa shape index (κ2) is 13.4. The smallest absolute Gasteiger partial charge is 0.423 e. The van der Waals surface area contributed by atoms with Crippen LogP contribution in [0.25, 0.3) is 0 Å². The monoisotopic (exact) mass is 574 g/mol. The minimum atomic E-state index is -4.79. The van der Waals surface area contributed by atoms with Gasteiger partial charge in [-0.15, -0.1) is 0 Å². The van der Waals surface area contributed by atoms with E-state index in [9.17, 15) is 23.3 Å². The van der Waals surface area contributed by atoms with E-state index in [2.05, 4.69) is 21.3 Å². The predicted octanol–water partition coefficient (Wildman–Crippen LogP) is 7.65. The van der Waals surface area contributed by atoms with Gasteiger partial charge in [-0.2, -0.15) is 13.2 Å². The molecule has 1 aromatic heterocycles. The lowest BCUT2D eigenvalue weighted by molar-refractivity contribution is -0.388. The molecule has 7 nitrogen and oxygen atoms in total. The lowest BCUT2D eigenvalue weighted by atomic mass is 9.90. The Bertz CT molecular complexity index is 1160. The number of nitrogens with zero attached hydrogens (tertiary/aromatic N) is 3. The number of benzene rings is 1. The van der Waals surface area contributed by atoms with Crippen molar-refractivity contribution in [3.63, 3.8) is 0 Å². The molecule has 1 aliphatic heterocycles. The van der Waals surface area contributed by atoms with Crippen molar-refractivity contribution in [3.05, 3.63) is 57.9 Å². The van der Waals surface area contributed by atoms with Crippen molar-refractivity contribution in [1.82, 2.24) is 9.88 Å². The molecule has 3 aliphatic rings. The van der Waals surface area contributed by atoms with Crippen LogP contribution in [0.4, 0.5) is 24.5 Å². The molecule has 0 spiro atoms. The lowest BCUT2D eigenvalue weighted by Crippen LogP contribution is -2.36. The molecule has 2 saturated carbocycles. The van der Waals surface area contributed by atoms with E-state index in [4.69, 9.17) is 4.74 Å². The van der Waals surface area contributed by atoms with Crippen molar-refractivity contribution >= 4 is 11.4 Å². The predicted molar refractivity (Wildman–Crippen MR) is 152 cm³/mol. The zero-order valence-electron chi connectivity index (χ0n) is 23.6. The summed E-state index contributed by atoms with van der Waals surface area (Å²) < 4.78 is 46.2. The van der Waals surface area contributed by atoms with E-state index in [-0.39, 0.29) is 17.8 Å². The van der Waals surface area contributed by atoms with Crippen LogP contribution in [0.2, 0.25) is 0 Å². The highest BCUT2D eigenvalue weighted by Gasteiger charge is 2.38. The molecule has 5 rings (SSSR count). The minimum Gasteiger partial charge on any atom is -0.489 e. The number of nitro benzene ring substituents is 1. The molecule has 2 heterocycles. The summed E-state index contributed by atoms with van der Waals surface area (Å²) >= 11 is 0. The zero-order valence-corrected chi connectivity index (χ0v) is 23.6. The Hall–Kier alpha value is -2.88. The highest BCUT2D eigenvalue weighted by molar-refractivity contribution is 5.55. The van der Waals surface area contributed by atoms with Crippen LogP contribution in [0.5, 0.6) is 5.75 Å². The number of likely N-dealkylation sites (tertiary alicyclic amines) is 1. The van der Waals surface area contributed by atoms with Gasteiger partial charge in [-0.1, -0.05) is 12.8 Å². The molecular weight excluding hydrogens is 533 g/mol. The SMILES string of the molecule is O=[N+]([O-])c1ccc(NC2CCC(Oc3cncc(CCC4CCN(CC5CCCC5)CC4)c3)CC2)cc1C(F)(F)F. The molecule has 0 atom stereocenters. The van der Waals surface area contributed by atoms with E-state index in [1.807, 2.05) is 6.20 Å². The van der Waals surface area contributed by atoms with Gasteiger partial charge >= 0.3 is 6.18 Å². The number of hydrogen-bond donors (Lipinski definition) is 1. The number of alkyl halides is 3. The van der Waals surface area contributed by atoms with Crippen LogP contribution in [-0.4, -0.2) is 46.6 Å². The fourth-order valence-corrected chi connectivity index (χ4v) is 6.82. The third-order valence-corrected chi connectivity index (χ3v) is 9.16. The van der Waals surface area contributed by atoms with Crippen molar-refractivity contribution in [2.75, 3.05) is 25.0 Å². The maximum Gasteiger partial charge on any atom is 0.423 e. The summed E-state index contributed by atoms with van der Waals surface area (Å²) in [6, 6.07) is 5.17. The van der Waals surface area contributed by atoms with Crippen molar-refractivity contribution in [2.24, 2.45) is 11.8 Å². The molecule has 0 unspecified atom stereocenters. The van der Waals surface area contributed by atoms with Crippen LogP contribution < -0.4 is 10.1 Å². The standard InChI is InChI=1S/C31H41F3N4O3/c32-31(33,34)29-18-26(9-12-30(29)38(39)40)36-25-7-10-27(11-8-25)41-28-17-24(19-35-20-28)6-5-22-13-15-37(16-14-22)21-23-3-1-2-4-23/h9,12,17-20,22-23,25,27,36H,1-8,10-11,13-16,21H2. The summed E-state index contributed by atoms with van der Waals surface area (Å²) in [7, 11) is 0. The molecule has 1 saturated heterocycles. The van der Waals surface area contributed by atoms with Crippen molar-refractivity contribution in [3.8, 4) is 5.75 Å². The second-order valence-electron chi connectivity index (χ2n) is 12.2. The van der Waals surface area contributed by atoms with E-state index < -0.39 is 22.4 Å². The number of hydrogen-bond acceptors (Lipinski definition) is 6. The summed E-state index contributed by atoms with van der Waals surface area (Å²) in [5.41, 5.74) is -0.730. The first-order valence-corrected chi connectivity index (χ1v) is 15.2. The van der Waals surface area contributed by atoms with Crippen molar-refractivity contribution < 1.29 is 22.8 Å². The molecule has 2 aromatic rings. The largest absolute Gasteiger partial charge is 0.489 e. The first kappa shape index (κ1) is 29.6. The second-order valence-corrected chi connectivity index (χ2v) is 12.2. The lowest BCUT2D eigenvalue weighted by Gasteiger charge is -2.33. The van der Waals surface area contributed by atoms with E-state index in [1.165, 1.54) is 76.2 Å². The van der Waals surface area contributed by atoms with Gasteiger partial charge in [0, 0.05) is 30.5 Å². The topological polar surface area (TPSA) is 80.5 Å². The number of pyridine rings is 1. The van der Waals surface area contributed by atoms with Crippen LogP contribution in [0.15, 0.2) is 36.7 Å². The Morgan fingerprint density at radius 3 is 2.39 bits per heavy atom. The van der Waals surface area contributed by atoms with Gasteiger partial charge in [0.25, 0.3) is 5.69 Å². The molecule has 0 radical (unpaired) electrons. The van der Waals surface area contributed by atoms with Gasteiger partial charge in [0.1, 0.15) is 11.3 Å². The molecule has 0 bridgehead atoms. The van der Waals surface area contributed by atoms with Crippen molar-refractivity contribution in [2.45, 2.75) is 95.4 Å². The van der Waals surface area contributed by atoms with Gasteiger partial charge in [-0.05, 0) is 113 Å². The number of halogens is 3. The number of piperidine rings is 1. The third-order valence-electron chi connectivity index (χ3n) is 9.16. The number of nitro groups is 1.